The molecule has 0 radical (unpaired) electrons. The van der Waals surface area contributed by atoms with Crippen molar-refractivity contribution in [2.75, 3.05) is 5.32 Å². The summed E-state index contributed by atoms with van der Waals surface area (Å²) in [4.78, 5) is 30.8. The average molecular weight is 447 g/mol. The maximum Gasteiger partial charge on any atom is 0.412 e. The van der Waals surface area contributed by atoms with E-state index in [-0.39, 0.29) is 19.1 Å². The summed E-state index contributed by atoms with van der Waals surface area (Å²) >= 11 is 6.44. The highest BCUT2D eigenvalue weighted by molar-refractivity contribution is 6.31. The first-order valence-electron chi connectivity index (χ1n) is 10.1. The zero-order valence-electron chi connectivity index (χ0n) is 19.0. The number of carbonyl (C=O) groups excluding carboxylic acids is 2. The van der Waals surface area contributed by atoms with Crippen molar-refractivity contribution in [1.82, 2.24) is 5.06 Å². The van der Waals surface area contributed by atoms with Crippen LogP contribution in [0.4, 0.5) is 10.5 Å². The highest BCUT2D eigenvalue weighted by Crippen LogP contribution is 2.26. The van der Waals surface area contributed by atoms with Gasteiger partial charge in [0.1, 0.15) is 12.2 Å². The molecule has 1 N–H and O–H groups in total. The SMILES string of the molecule is CC(C)(C)OC(=O)Nc1ccc(CN(OCc2ccccc2)C(=O)C(C)(C)C)c(Cl)c1. The molecule has 0 spiro atoms. The molecule has 6 nitrogen and oxygen atoms in total. The molecular weight excluding hydrogens is 416 g/mol. The summed E-state index contributed by atoms with van der Waals surface area (Å²) in [7, 11) is 0. The van der Waals surface area contributed by atoms with Crippen molar-refractivity contribution in [3.63, 3.8) is 0 Å². The number of carbonyl (C=O) groups is 2. The van der Waals surface area contributed by atoms with Crippen molar-refractivity contribution in [1.29, 1.82) is 0 Å². The number of nitrogens with one attached hydrogen (secondary N) is 1. The Morgan fingerprint density at radius 1 is 1.00 bits per heavy atom. The van der Waals surface area contributed by atoms with Crippen LogP contribution >= 0.6 is 11.6 Å². The predicted molar refractivity (Wildman–Crippen MR) is 123 cm³/mol. The first-order valence-corrected chi connectivity index (χ1v) is 10.5. The van der Waals surface area contributed by atoms with Gasteiger partial charge in [0.2, 0.25) is 0 Å². The Bertz CT molecular complexity index is 902. The number of halogens is 1. The van der Waals surface area contributed by atoms with E-state index < -0.39 is 17.1 Å². The molecule has 0 saturated heterocycles. The summed E-state index contributed by atoms with van der Waals surface area (Å²) in [5.74, 6) is -0.157. The quantitative estimate of drug-likeness (QED) is 0.537. The van der Waals surface area contributed by atoms with Crippen LogP contribution in [0.1, 0.15) is 52.7 Å². The summed E-state index contributed by atoms with van der Waals surface area (Å²) in [6.45, 7) is 11.3. The summed E-state index contributed by atoms with van der Waals surface area (Å²) < 4.78 is 5.25. The van der Waals surface area contributed by atoms with E-state index in [4.69, 9.17) is 21.2 Å². The van der Waals surface area contributed by atoms with E-state index >= 15 is 0 Å². The molecule has 0 aromatic heterocycles. The highest BCUT2D eigenvalue weighted by atomic mass is 35.5. The smallest absolute Gasteiger partial charge is 0.412 e. The summed E-state index contributed by atoms with van der Waals surface area (Å²) in [5.41, 5.74) is 0.931. The molecule has 0 heterocycles. The fourth-order valence-corrected chi connectivity index (χ4v) is 2.85. The van der Waals surface area contributed by atoms with Crippen molar-refractivity contribution < 1.29 is 19.2 Å². The number of hydrogen-bond donors (Lipinski definition) is 1. The zero-order chi connectivity index (χ0) is 23.2. The third-order valence-electron chi connectivity index (χ3n) is 4.11. The summed E-state index contributed by atoms with van der Waals surface area (Å²) in [5, 5.41) is 4.40. The van der Waals surface area contributed by atoms with Gasteiger partial charge in [-0.25, -0.2) is 9.86 Å². The van der Waals surface area contributed by atoms with Crippen LogP contribution < -0.4 is 5.32 Å². The molecule has 0 aliphatic heterocycles. The zero-order valence-corrected chi connectivity index (χ0v) is 19.7. The van der Waals surface area contributed by atoms with Crippen LogP contribution in [0.15, 0.2) is 48.5 Å². The third kappa shape index (κ3) is 8.23. The van der Waals surface area contributed by atoms with E-state index in [1.807, 2.05) is 51.1 Å². The normalized spacial score (nSPS) is 11.7. The van der Waals surface area contributed by atoms with Crippen molar-refractivity contribution in [2.45, 2.75) is 60.3 Å². The van der Waals surface area contributed by atoms with E-state index in [1.54, 1.807) is 39.0 Å². The van der Waals surface area contributed by atoms with Crippen molar-refractivity contribution >= 4 is 29.3 Å². The Morgan fingerprint density at radius 2 is 1.65 bits per heavy atom. The highest BCUT2D eigenvalue weighted by Gasteiger charge is 2.29. The summed E-state index contributed by atoms with van der Waals surface area (Å²) in [6.07, 6.45) is -0.563. The van der Waals surface area contributed by atoms with Crippen LogP contribution in [0.3, 0.4) is 0 Å². The second kappa shape index (κ2) is 10.2. The fraction of sp³-hybridized carbons (Fsp3) is 0.417. The molecule has 7 heteroatoms. The number of hydroxylamine groups is 2. The molecule has 168 valence electrons. The topological polar surface area (TPSA) is 67.9 Å². The largest absolute Gasteiger partial charge is 0.444 e. The molecule has 2 aromatic rings. The lowest BCUT2D eigenvalue weighted by atomic mass is 9.95. The molecule has 2 rings (SSSR count). The average Bonchev–Trinajstić information content (AvgIpc) is 2.64. The van der Waals surface area contributed by atoms with Gasteiger partial charge in [-0.2, -0.15) is 0 Å². The minimum Gasteiger partial charge on any atom is -0.444 e. The molecule has 0 unspecified atom stereocenters. The van der Waals surface area contributed by atoms with Gasteiger partial charge in [-0.05, 0) is 44.0 Å². The standard InChI is InChI=1S/C24H31ClN2O4/c1-23(2,3)21(28)27(30-16-17-10-8-7-9-11-17)15-18-12-13-19(14-20(18)25)26-22(29)31-24(4,5)6/h7-14H,15-16H2,1-6H3,(H,26,29). The molecule has 0 fully saturated rings. The van der Waals surface area contributed by atoms with Crippen molar-refractivity contribution in [3.05, 3.63) is 64.7 Å². The maximum absolute atomic E-state index is 12.9. The molecule has 2 aromatic carbocycles. The van der Waals surface area contributed by atoms with E-state index in [0.29, 0.717) is 16.3 Å². The second-order valence-corrected chi connectivity index (χ2v) is 9.69. The Balaban J connectivity index is 2.13. The molecule has 0 aliphatic carbocycles. The van der Waals surface area contributed by atoms with Gasteiger partial charge in [-0.1, -0.05) is 68.8 Å². The van der Waals surface area contributed by atoms with Gasteiger partial charge >= 0.3 is 6.09 Å². The van der Waals surface area contributed by atoms with E-state index in [2.05, 4.69) is 5.32 Å². The predicted octanol–water partition coefficient (Wildman–Crippen LogP) is 6.19. The molecule has 0 atom stereocenters. The molecule has 0 aliphatic rings. The summed E-state index contributed by atoms with van der Waals surface area (Å²) in [6, 6.07) is 14.7. The number of anilines is 1. The number of hydrogen-bond acceptors (Lipinski definition) is 4. The van der Waals surface area contributed by atoms with Gasteiger partial charge in [0.25, 0.3) is 5.91 Å². The Labute approximate surface area is 189 Å². The van der Waals surface area contributed by atoms with Gasteiger partial charge in [-0.15, -0.1) is 0 Å². The Morgan fingerprint density at radius 3 is 2.19 bits per heavy atom. The number of nitrogens with zero attached hydrogens (tertiary/aromatic N) is 1. The minimum absolute atomic E-state index is 0.157. The lowest BCUT2D eigenvalue weighted by Crippen LogP contribution is -2.39. The van der Waals surface area contributed by atoms with Crippen LogP contribution in [0.2, 0.25) is 5.02 Å². The van der Waals surface area contributed by atoms with E-state index in [9.17, 15) is 9.59 Å². The number of benzene rings is 2. The Kier molecular flexibility index (Phi) is 8.09. The second-order valence-electron chi connectivity index (χ2n) is 9.28. The van der Waals surface area contributed by atoms with Gasteiger partial charge in [0, 0.05) is 16.1 Å². The van der Waals surface area contributed by atoms with Gasteiger partial charge < -0.3 is 4.74 Å². The van der Waals surface area contributed by atoms with Crippen molar-refractivity contribution in [2.24, 2.45) is 5.41 Å². The van der Waals surface area contributed by atoms with Gasteiger partial charge in [0.05, 0.1) is 6.54 Å². The first-order chi connectivity index (χ1) is 14.3. The Hall–Kier alpha value is -2.57. The van der Waals surface area contributed by atoms with Crippen LogP contribution in [0.25, 0.3) is 0 Å². The molecule has 0 bridgehead atoms. The molecule has 0 saturated carbocycles. The minimum atomic E-state index is -0.624. The first kappa shape index (κ1) is 24.7. The lowest BCUT2D eigenvalue weighted by molar-refractivity contribution is -0.203. The fourth-order valence-electron chi connectivity index (χ4n) is 2.61. The monoisotopic (exact) mass is 446 g/mol. The number of ether oxygens (including phenoxy) is 1. The number of amides is 2. The van der Waals surface area contributed by atoms with E-state index in [0.717, 1.165) is 5.56 Å². The van der Waals surface area contributed by atoms with Gasteiger partial charge in [0.15, 0.2) is 0 Å². The van der Waals surface area contributed by atoms with Gasteiger partial charge in [-0.3, -0.25) is 14.9 Å². The van der Waals surface area contributed by atoms with Crippen molar-refractivity contribution in [3.8, 4) is 0 Å². The molecular formula is C24H31ClN2O4. The molecule has 31 heavy (non-hydrogen) atoms. The maximum atomic E-state index is 12.9. The van der Waals surface area contributed by atoms with Crippen LogP contribution in [-0.4, -0.2) is 22.7 Å². The molecule has 2 amide bonds. The lowest BCUT2D eigenvalue weighted by Gasteiger charge is -2.29. The van der Waals surface area contributed by atoms with E-state index in [1.165, 1.54) is 5.06 Å². The number of rotatable bonds is 6. The van der Waals surface area contributed by atoms with Crippen LogP contribution in [-0.2, 0) is 27.5 Å². The van der Waals surface area contributed by atoms with Crippen LogP contribution in [0.5, 0.6) is 0 Å². The third-order valence-corrected chi connectivity index (χ3v) is 4.46. The van der Waals surface area contributed by atoms with Crippen LogP contribution in [0, 0.1) is 5.41 Å².